The van der Waals surface area contributed by atoms with Crippen molar-refractivity contribution >= 4 is 42.6 Å². The zero-order chi connectivity index (χ0) is 45.1. The van der Waals surface area contributed by atoms with Crippen LogP contribution >= 0.6 is 24.6 Å². The van der Waals surface area contributed by atoms with Crippen LogP contribution in [-0.2, 0) is 55.6 Å². The fourth-order valence-electron chi connectivity index (χ4n) is 11.4. The Bertz CT molecular complexity index is 1920. The Labute approximate surface area is 372 Å². The fourth-order valence-corrected chi connectivity index (χ4v) is 12.1. The highest BCUT2D eigenvalue weighted by Gasteiger charge is 2.67. The maximum atomic E-state index is 13.5. The van der Waals surface area contributed by atoms with E-state index in [4.69, 9.17) is 37.8 Å². The number of carbonyl (C=O) groups excluding carboxylic acids is 2. The van der Waals surface area contributed by atoms with Crippen LogP contribution in [0.25, 0.3) is 11.1 Å². The Morgan fingerprint density at radius 3 is 2.19 bits per heavy atom. The molecule has 346 valence electrons. The average Bonchev–Trinajstić information content (AvgIpc) is 3.42. The number of rotatable bonds is 18. The minimum absolute atomic E-state index is 0.0246. The molecule has 1 aliphatic heterocycles. The van der Waals surface area contributed by atoms with Crippen LogP contribution in [0.5, 0.6) is 5.75 Å². The Morgan fingerprint density at radius 2 is 1.56 bits per heavy atom. The van der Waals surface area contributed by atoms with E-state index in [1.165, 1.54) is 0 Å². The van der Waals surface area contributed by atoms with E-state index in [2.05, 4.69) is 32.2 Å². The van der Waals surface area contributed by atoms with E-state index in [0.29, 0.717) is 19.3 Å². The molecule has 4 aliphatic carbocycles. The van der Waals surface area contributed by atoms with E-state index in [-0.39, 0.29) is 72.5 Å². The number of aromatic hydroxyl groups is 1. The number of hydrogen-bond donors (Lipinski definition) is 5. The maximum Gasteiger partial charge on any atom is 0.338 e. The summed E-state index contributed by atoms with van der Waals surface area (Å²) >= 11 is 0.286. The van der Waals surface area contributed by atoms with Crippen LogP contribution in [0, 0.1) is 40.4 Å². The van der Waals surface area contributed by atoms with Crippen LogP contribution in [-0.4, -0.2) is 93.3 Å². The molecule has 1 heterocycles. The molecule has 63 heavy (non-hydrogen) atoms. The molecule has 2 aromatic carbocycles. The molecule has 13 atom stereocenters. The molecular weight excluding hydrogens is 869 g/mol. The standard InChI is InChI=1S/C43H54O18S2/c1-22(2)17-34(45)55-37-36(57-63-61-59-51)35(56-62-60-58-50)32(21-52-40(49)26-7-5-24(6-8-26)25-9-12-28(44)13-10-25)54-41(37)53-29-18-30(39(47)48)31-15-16-43-19-27(23(3)38(43)46)11-14-33(43)42(31,4)20-29/h5-10,12-13,22,27,29-33,35-38,41,44,46,50-51H,3,11,14-21H2,1-2,4H3,(H,47,48)/t27?,29?,30?,31?,32-,33?,35+,36-,37?,38-,41+,42?,43?/m0/s1. The van der Waals surface area contributed by atoms with Crippen molar-refractivity contribution in [3.05, 3.63) is 66.2 Å². The number of fused-ring (bicyclic) bond motifs is 3. The molecule has 4 saturated carbocycles. The van der Waals surface area contributed by atoms with Crippen molar-refractivity contribution in [2.24, 2.45) is 40.4 Å². The molecule has 5 fully saturated rings. The number of esters is 2. The molecule has 1 spiro atoms. The van der Waals surface area contributed by atoms with Crippen LogP contribution < -0.4 is 0 Å². The van der Waals surface area contributed by atoms with Gasteiger partial charge in [0.2, 0.25) is 0 Å². The van der Waals surface area contributed by atoms with E-state index >= 15 is 0 Å². The Kier molecular flexibility index (Phi) is 15.4. The van der Waals surface area contributed by atoms with Crippen molar-refractivity contribution in [1.29, 1.82) is 0 Å². The summed E-state index contributed by atoms with van der Waals surface area (Å²) in [4.78, 5) is 40.1. The summed E-state index contributed by atoms with van der Waals surface area (Å²) in [5.74, 6) is -3.25. The molecule has 5 N–H and O–H groups in total. The topological polar surface area (TPSA) is 245 Å². The molecule has 18 nitrogen and oxygen atoms in total. The van der Waals surface area contributed by atoms with Crippen molar-refractivity contribution in [3.8, 4) is 16.9 Å². The second-order valence-corrected chi connectivity index (χ2v) is 18.8. The monoisotopic (exact) mass is 922 g/mol. The zero-order valence-corrected chi connectivity index (χ0v) is 36.6. The van der Waals surface area contributed by atoms with Crippen molar-refractivity contribution in [3.63, 3.8) is 0 Å². The average molecular weight is 923 g/mol. The summed E-state index contributed by atoms with van der Waals surface area (Å²) in [6, 6.07) is 13.1. The van der Waals surface area contributed by atoms with Crippen LogP contribution in [0.3, 0.4) is 0 Å². The third-order valence-electron chi connectivity index (χ3n) is 14.0. The van der Waals surface area contributed by atoms with Gasteiger partial charge in [-0.2, -0.15) is 0 Å². The van der Waals surface area contributed by atoms with Gasteiger partial charge in [-0.15, -0.1) is 8.67 Å². The maximum absolute atomic E-state index is 13.5. The van der Waals surface area contributed by atoms with E-state index in [0.717, 1.165) is 36.0 Å². The number of carbonyl (C=O) groups is 3. The number of phenols is 1. The molecular formula is C43H54O18S2. The molecule has 0 aromatic heterocycles. The van der Waals surface area contributed by atoms with Gasteiger partial charge in [-0.25, -0.2) is 15.3 Å². The van der Waals surface area contributed by atoms with Gasteiger partial charge in [0.25, 0.3) is 0 Å². The lowest BCUT2D eigenvalue weighted by molar-refractivity contribution is -0.436. The van der Waals surface area contributed by atoms with Crippen molar-refractivity contribution in [1.82, 2.24) is 0 Å². The number of phenolic OH excluding ortho intramolecular Hbond substituents is 1. The second-order valence-electron chi connectivity index (χ2n) is 17.9. The van der Waals surface area contributed by atoms with Crippen LogP contribution in [0.2, 0.25) is 0 Å². The van der Waals surface area contributed by atoms with Gasteiger partial charge < -0.3 is 34.3 Å². The number of hydrogen-bond acceptors (Lipinski definition) is 19. The molecule has 2 bridgehead atoms. The summed E-state index contributed by atoms with van der Waals surface area (Å²) in [5, 5.41) is 57.4. The summed E-state index contributed by atoms with van der Waals surface area (Å²) in [7, 11) is 0. The summed E-state index contributed by atoms with van der Waals surface area (Å²) < 4.78 is 45.7. The molecule has 2 aromatic rings. The number of carboxylic acid groups (broad SMARTS) is 1. The number of ether oxygens (including phenoxy) is 4. The highest BCUT2D eigenvalue weighted by atomic mass is 32.2. The first kappa shape index (κ1) is 47.6. The van der Waals surface area contributed by atoms with Crippen molar-refractivity contribution in [2.75, 3.05) is 6.61 Å². The van der Waals surface area contributed by atoms with Crippen LogP contribution in [0.4, 0.5) is 0 Å². The highest BCUT2D eigenvalue weighted by Crippen LogP contribution is 2.70. The molecule has 0 radical (unpaired) electrons. The number of benzene rings is 2. The van der Waals surface area contributed by atoms with Gasteiger partial charge in [0.05, 0.1) is 23.7 Å². The third-order valence-corrected chi connectivity index (χ3v) is 14.8. The summed E-state index contributed by atoms with van der Waals surface area (Å²) in [6.07, 6.45) is -4.39. The number of aliphatic hydroxyl groups excluding tert-OH is 1. The van der Waals surface area contributed by atoms with Gasteiger partial charge in [-0.05, 0) is 115 Å². The number of carboxylic acids is 1. The van der Waals surface area contributed by atoms with Crippen LogP contribution in [0.1, 0.15) is 82.5 Å². The Hall–Kier alpha value is -3.35. The van der Waals surface area contributed by atoms with E-state index in [9.17, 15) is 29.7 Å². The third kappa shape index (κ3) is 10.1. The first-order valence-electron chi connectivity index (χ1n) is 21.0. The minimum atomic E-state index is -1.50. The minimum Gasteiger partial charge on any atom is -0.508 e. The van der Waals surface area contributed by atoms with Crippen LogP contribution in [0.15, 0.2) is 60.7 Å². The molecule has 5 aliphatic rings. The Balaban J connectivity index is 1.19. The molecule has 1 saturated heterocycles. The zero-order valence-electron chi connectivity index (χ0n) is 35.0. The number of aliphatic hydroxyl groups is 1. The normalized spacial score (nSPS) is 34.8. The predicted octanol–water partition coefficient (Wildman–Crippen LogP) is 7.27. The van der Waals surface area contributed by atoms with Gasteiger partial charge in [0.15, 0.2) is 37.0 Å². The van der Waals surface area contributed by atoms with E-state index in [1.807, 2.05) is 13.8 Å². The highest BCUT2D eigenvalue weighted by molar-refractivity contribution is 7.90. The molecule has 7 rings (SSSR count). The first-order valence-corrected chi connectivity index (χ1v) is 22.3. The lowest BCUT2D eigenvalue weighted by Crippen LogP contribution is -2.63. The largest absolute Gasteiger partial charge is 0.508 e. The van der Waals surface area contributed by atoms with Gasteiger partial charge >= 0.3 is 17.9 Å². The lowest BCUT2D eigenvalue weighted by atomic mass is 9.43. The number of aliphatic carboxylic acids is 1. The summed E-state index contributed by atoms with van der Waals surface area (Å²) in [5.41, 5.74) is 1.59. The van der Waals surface area contributed by atoms with E-state index in [1.54, 1.807) is 48.5 Å². The second kappa shape index (κ2) is 20.4. The smallest absolute Gasteiger partial charge is 0.338 e. The molecule has 8 unspecified atom stereocenters. The summed E-state index contributed by atoms with van der Waals surface area (Å²) in [6.45, 7) is 9.47. The molecule has 20 heteroatoms. The van der Waals surface area contributed by atoms with Gasteiger partial charge in [0, 0.05) is 11.8 Å². The van der Waals surface area contributed by atoms with Crippen molar-refractivity contribution < 1.29 is 86.3 Å². The first-order chi connectivity index (χ1) is 30.2. The lowest BCUT2D eigenvalue weighted by Gasteiger charge is -2.62. The molecule has 0 amide bonds. The van der Waals surface area contributed by atoms with Gasteiger partial charge in [0.1, 0.15) is 30.7 Å². The van der Waals surface area contributed by atoms with Gasteiger partial charge in [-0.3, -0.25) is 18.0 Å². The van der Waals surface area contributed by atoms with Crippen molar-refractivity contribution in [2.45, 2.75) is 115 Å². The predicted molar refractivity (Wildman–Crippen MR) is 221 cm³/mol. The fraction of sp³-hybridized carbons (Fsp3) is 0.605. The van der Waals surface area contributed by atoms with Gasteiger partial charge in [-0.1, -0.05) is 61.7 Å². The quantitative estimate of drug-likeness (QED) is 0.0188. The Morgan fingerprint density at radius 1 is 0.905 bits per heavy atom. The SMILES string of the molecule is C=C1C2CCC3C4(C)CC(O[C@@H]5O[C@@H](COC(=O)c6ccc(-c7ccc(O)cc7)cc6)[C@@H](OSOOO)[C@H](OSOOO)C5OC(=O)CC(C)C)CC(C(=O)O)C4CCC3(C2)[C@H]1O. The van der Waals surface area contributed by atoms with E-state index < -0.39 is 84.2 Å².